The molecular formula is C18H12Cl2F3N5O2S2. The Morgan fingerprint density at radius 2 is 1.69 bits per heavy atom. The maximum atomic E-state index is 13.5. The SMILES string of the molecule is Cl.NS(=O)(=O)c1ccc(-n2nc(C(F)(F)F)c(Cl)c2-c2ccc(-c3cscn3)cc2)cn1. The molecule has 0 saturated heterocycles. The Bertz CT molecular complexity index is 1340. The van der Waals surface area contributed by atoms with Crippen molar-refractivity contribution in [1.29, 1.82) is 0 Å². The number of nitrogens with zero attached hydrogens (tertiary/aromatic N) is 4. The van der Waals surface area contributed by atoms with E-state index in [-0.39, 0.29) is 23.8 Å². The van der Waals surface area contributed by atoms with E-state index in [0.717, 1.165) is 28.2 Å². The Balaban J connectivity index is 0.00000289. The number of primary sulfonamides is 1. The Labute approximate surface area is 195 Å². The topological polar surface area (TPSA) is 104 Å². The summed E-state index contributed by atoms with van der Waals surface area (Å²) in [7, 11) is -4.07. The number of rotatable bonds is 4. The number of nitrogens with two attached hydrogens (primary N) is 1. The number of alkyl halides is 3. The summed E-state index contributed by atoms with van der Waals surface area (Å²) in [6, 6.07) is 8.91. The monoisotopic (exact) mass is 521 g/mol. The van der Waals surface area contributed by atoms with Crippen molar-refractivity contribution in [3.8, 4) is 28.2 Å². The second kappa shape index (κ2) is 8.79. The minimum absolute atomic E-state index is 0. The second-order valence-corrected chi connectivity index (χ2v) is 8.88. The fourth-order valence-corrected chi connectivity index (χ4v) is 4.19. The van der Waals surface area contributed by atoms with Crippen molar-refractivity contribution in [3.05, 3.63) is 64.2 Å². The largest absolute Gasteiger partial charge is 0.436 e. The lowest BCUT2D eigenvalue weighted by Crippen LogP contribution is -2.14. The maximum absolute atomic E-state index is 13.5. The van der Waals surface area contributed by atoms with Crippen molar-refractivity contribution in [1.82, 2.24) is 19.7 Å². The highest BCUT2D eigenvalue weighted by Crippen LogP contribution is 2.41. The lowest BCUT2D eigenvalue weighted by atomic mass is 10.1. The normalized spacial score (nSPS) is 11.9. The van der Waals surface area contributed by atoms with Crippen LogP contribution in [0.25, 0.3) is 28.2 Å². The minimum Gasteiger partial charge on any atom is -0.245 e. The number of hydrogen-bond donors (Lipinski definition) is 1. The van der Waals surface area contributed by atoms with Gasteiger partial charge in [0.15, 0.2) is 10.7 Å². The first kappa shape index (κ1) is 24.1. The predicted molar refractivity (Wildman–Crippen MR) is 117 cm³/mol. The molecule has 4 aromatic rings. The molecule has 0 aliphatic carbocycles. The molecule has 0 bridgehead atoms. The third-order valence-corrected chi connectivity index (χ3v) is 6.01. The molecule has 168 valence electrons. The first-order valence-corrected chi connectivity index (χ1v) is 11.3. The average molecular weight is 522 g/mol. The van der Waals surface area contributed by atoms with Crippen molar-refractivity contribution in [3.63, 3.8) is 0 Å². The number of thiazole rings is 1. The van der Waals surface area contributed by atoms with Gasteiger partial charge in [-0.15, -0.1) is 23.7 Å². The Kier molecular flexibility index (Phi) is 6.63. The Morgan fingerprint density at radius 3 is 2.19 bits per heavy atom. The number of pyridine rings is 1. The molecular weight excluding hydrogens is 510 g/mol. The summed E-state index contributed by atoms with van der Waals surface area (Å²) in [5, 5.41) is 9.46. The van der Waals surface area contributed by atoms with Crippen molar-refractivity contribution in [2.45, 2.75) is 11.2 Å². The molecule has 0 saturated carbocycles. The van der Waals surface area contributed by atoms with Crippen LogP contribution in [0.15, 0.2) is 58.5 Å². The molecule has 1 aromatic carbocycles. The van der Waals surface area contributed by atoms with Crippen LogP contribution in [0.3, 0.4) is 0 Å². The van der Waals surface area contributed by atoms with Crippen LogP contribution in [-0.2, 0) is 16.2 Å². The number of benzene rings is 1. The summed E-state index contributed by atoms with van der Waals surface area (Å²) in [5.41, 5.74) is 2.32. The molecule has 14 heteroatoms. The van der Waals surface area contributed by atoms with Crippen LogP contribution in [0.5, 0.6) is 0 Å². The fraction of sp³-hybridized carbons (Fsp3) is 0.0556. The summed E-state index contributed by atoms with van der Waals surface area (Å²) >= 11 is 7.51. The molecule has 4 rings (SSSR count). The van der Waals surface area contributed by atoms with E-state index in [2.05, 4.69) is 15.1 Å². The fourth-order valence-electron chi connectivity index (χ4n) is 2.84. The first-order chi connectivity index (χ1) is 14.6. The third-order valence-electron chi connectivity index (χ3n) is 4.24. The maximum Gasteiger partial charge on any atom is 0.436 e. The van der Waals surface area contributed by atoms with Crippen molar-refractivity contribution in [2.24, 2.45) is 5.14 Å². The molecule has 0 amide bonds. The second-order valence-electron chi connectivity index (χ2n) is 6.27. The van der Waals surface area contributed by atoms with Crippen LogP contribution in [0, 0.1) is 0 Å². The van der Waals surface area contributed by atoms with E-state index in [0.29, 0.717) is 5.56 Å². The molecule has 0 aliphatic rings. The molecule has 3 heterocycles. The van der Waals surface area contributed by atoms with Crippen molar-refractivity contribution < 1.29 is 21.6 Å². The van der Waals surface area contributed by atoms with E-state index in [9.17, 15) is 21.6 Å². The van der Waals surface area contributed by atoms with Gasteiger partial charge in [-0.3, -0.25) is 0 Å². The van der Waals surface area contributed by atoms with E-state index in [1.54, 1.807) is 29.8 Å². The zero-order chi connectivity index (χ0) is 22.4. The molecule has 0 aliphatic heterocycles. The van der Waals surface area contributed by atoms with Crippen LogP contribution in [0.2, 0.25) is 5.02 Å². The van der Waals surface area contributed by atoms with Crippen LogP contribution >= 0.6 is 35.3 Å². The zero-order valence-electron chi connectivity index (χ0n) is 15.6. The summed E-state index contributed by atoms with van der Waals surface area (Å²) in [4.78, 5) is 7.90. The van der Waals surface area contributed by atoms with E-state index in [1.807, 2.05) is 5.38 Å². The molecule has 0 spiro atoms. The summed E-state index contributed by atoms with van der Waals surface area (Å²) < 4.78 is 64.2. The van der Waals surface area contributed by atoms with Gasteiger partial charge in [0.2, 0.25) is 0 Å². The van der Waals surface area contributed by atoms with Gasteiger partial charge in [-0.1, -0.05) is 35.9 Å². The lowest BCUT2D eigenvalue weighted by Gasteiger charge is -2.09. The number of hydrogen-bond acceptors (Lipinski definition) is 6. The molecule has 2 N–H and O–H groups in total. The van der Waals surface area contributed by atoms with Gasteiger partial charge in [0.05, 0.1) is 33.8 Å². The summed E-state index contributed by atoms with van der Waals surface area (Å²) in [5.74, 6) is 0. The standard InChI is InChI=1S/C18H11ClF3N5O2S2.ClH/c19-15-16(11-3-1-10(2-4-11)13-8-30-9-25-13)27(26-17(15)18(20,21)22)12-5-6-14(24-7-12)31(23,28)29;/h1-9H,(H2,23,28,29);1H. The third kappa shape index (κ3) is 4.64. The summed E-state index contributed by atoms with van der Waals surface area (Å²) in [6.07, 6.45) is -3.75. The van der Waals surface area contributed by atoms with Crippen molar-refractivity contribution >= 4 is 45.4 Å². The molecule has 32 heavy (non-hydrogen) atoms. The Morgan fingerprint density at radius 1 is 1.03 bits per heavy atom. The van der Waals surface area contributed by atoms with Gasteiger partial charge >= 0.3 is 6.18 Å². The number of aromatic nitrogens is 4. The van der Waals surface area contributed by atoms with Gasteiger partial charge in [-0.25, -0.2) is 28.2 Å². The lowest BCUT2D eigenvalue weighted by molar-refractivity contribution is -0.141. The smallest absolute Gasteiger partial charge is 0.245 e. The van der Waals surface area contributed by atoms with E-state index in [4.69, 9.17) is 16.7 Å². The highest BCUT2D eigenvalue weighted by atomic mass is 35.5. The Hall–Kier alpha value is -2.51. The van der Waals surface area contributed by atoms with E-state index < -0.39 is 31.9 Å². The highest BCUT2D eigenvalue weighted by molar-refractivity contribution is 7.89. The molecule has 3 aromatic heterocycles. The average Bonchev–Trinajstić information content (AvgIpc) is 3.35. The van der Waals surface area contributed by atoms with Gasteiger partial charge in [0.25, 0.3) is 10.0 Å². The number of sulfonamides is 1. The van der Waals surface area contributed by atoms with Gasteiger partial charge < -0.3 is 0 Å². The van der Waals surface area contributed by atoms with Crippen molar-refractivity contribution in [2.75, 3.05) is 0 Å². The molecule has 0 fully saturated rings. The molecule has 0 unspecified atom stereocenters. The number of halogens is 5. The molecule has 0 radical (unpaired) electrons. The van der Waals surface area contributed by atoms with E-state index >= 15 is 0 Å². The molecule has 7 nitrogen and oxygen atoms in total. The molecule has 0 atom stereocenters. The first-order valence-electron chi connectivity index (χ1n) is 8.39. The van der Waals surface area contributed by atoms with Gasteiger partial charge in [-0.05, 0) is 12.1 Å². The minimum atomic E-state index is -4.80. The van der Waals surface area contributed by atoms with Gasteiger partial charge in [-0.2, -0.15) is 18.3 Å². The quantitative estimate of drug-likeness (QED) is 0.415. The predicted octanol–water partition coefficient (Wildman–Crippen LogP) is 4.80. The van der Waals surface area contributed by atoms with Crippen LogP contribution < -0.4 is 5.14 Å². The van der Waals surface area contributed by atoms with Crippen LogP contribution in [0.4, 0.5) is 13.2 Å². The van der Waals surface area contributed by atoms with Gasteiger partial charge in [0, 0.05) is 16.5 Å². The zero-order valence-corrected chi connectivity index (χ0v) is 18.8. The summed E-state index contributed by atoms with van der Waals surface area (Å²) in [6.45, 7) is 0. The van der Waals surface area contributed by atoms with E-state index in [1.165, 1.54) is 17.4 Å². The van der Waals surface area contributed by atoms with Crippen LogP contribution in [0.1, 0.15) is 5.69 Å². The highest BCUT2D eigenvalue weighted by Gasteiger charge is 2.39. The van der Waals surface area contributed by atoms with Crippen LogP contribution in [-0.4, -0.2) is 28.2 Å². The van der Waals surface area contributed by atoms with Gasteiger partial charge in [0.1, 0.15) is 0 Å².